The number of sulfonamides is 2. The van der Waals surface area contributed by atoms with Crippen LogP contribution in [0.2, 0.25) is 5.02 Å². The molecule has 35 heavy (non-hydrogen) atoms. The van der Waals surface area contributed by atoms with Gasteiger partial charge in [-0.3, -0.25) is 14.4 Å². The predicted octanol–water partition coefficient (Wildman–Crippen LogP) is 4.34. The van der Waals surface area contributed by atoms with Gasteiger partial charge in [0.1, 0.15) is 10.5 Å². The number of aromatic nitrogens is 1. The van der Waals surface area contributed by atoms with Crippen LogP contribution >= 0.6 is 11.6 Å². The molecule has 0 fully saturated rings. The van der Waals surface area contributed by atoms with Crippen molar-refractivity contribution in [2.45, 2.75) is 23.3 Å². The highest BCUT2D eigenvalue weighted by Crippen LogP contribution is 2.32. The smallest absolute Gasteiger partial charge is 0.337 e. The van der Waals surface area contributed by atoms with Crippen LogP contribution < -0.4 is 9.44 Å². The zero-order valence-electron chi connectivity index (χ0n) is 18.0. The number of furan rings is 1. The number of anilines is 2. The van der Waals surface area contributed by atoms with Gasteiger partial charge in [-0.05, 0) is 36.8 Å². The third-order valence-electron chi connectivity index (χ3n) is 4.95. The maximum atomic E-state index is 13.3. The predicted molar refractivity (Wildman–Crippen MR) is 130 cm³/mol. The van der Waals surface area contributed by atoms with Crippen molar-refractivity contribution in [1.29, 1.82) is 0 Å². The number of hydrogen-bond acceptors (Lipinski definition) is 7. The Morgan fingerprint density at radius 1 is 1.00 bits per heavy atom. The average molecular weight is 536 g/mol. The number of carbonyl (C=O) groups is 1. The summed E-state index contributed by atoms with van der Waals surface area (Å²) in [6.07, 6.45) is 1.35. The fourth-order valence-corrected chi connectivity index (χ4v) is 6.12. The number of rotatable bonds is 8. The molecule has 0 bridgehead atoms. The van der Waals surface area contributed by atoms with E-state index in [0.29, 0.717) is 11.0 Å². The molecule has 2 aromatic heterocycles. The minimum absolute atomic E-state index is 0.0377. The summed E-state index contributed by atoms with van der Waals surface area (Å²) < 4.78 is 62.5. The van der Waals surface area contributed by atoms with E-state index in [2.05, 4.69) is 14.4 Å². The van der Waals surface area contributed by atoms with Gasteiger partial charge in [-0.15, -0.1) is 0 Å². The molecular weight excluding hydrogens is 518 g/mol. The number of pyridine rings is 1. The van der Waals surface area contributed by atoms with Crippen molar-refractivity contribution >= 4 is 60.0 Å². The second-order valence-electron chi connectivity index (χ2n) is 7.30. The molecule has 182 valence electrons. The zero-order valence-corrected chi connectivity index (χ0v) is 20.4. The highest BCUT2D eigenvalue weighted by Gasteiger charge is 2.28. The van der Waals surface area contributed by atoms with Crippen LogP contribution in [0.5, 0.6) is 0 Å². The molecule has 13 heteroatoms. The molecule has 0 aliphatic carbocycles. The summed E-state index contributed by atoms with van der Waals surface area (Å²) in [7, 11) is -8.79. The molecule has 2 aromatic carbocycles. The molecule has 4 aromatic rings. The van der Waals surface area contributed by atoms with Crippen LogP contribution in [-0.4, -0.2) is 32.9 Å². The van der Waals surface area contributed by atoms with Gasteiger partial charge in [-0.25, -0.2) is 13.2 Å². The van der Waals surface area contributed by atoms with Gasteiger partial charge >= 0.3 is 5.97 Å². The van der Waals surface area contributed by atoms with Gasteiger partial charge in [-0.1, -0.05) is 36.7 Å². The van der Waals surface area contributed by atoms with Gasteiger partial charge in [0.05, 0.1) is 22.6 Å². The first kappa shape index (κ1) is 24.5. The van der Waals surface area contributed by atoms with Gasteiger partial charge in [-0.2, -0.15) is 8.42 Å². The van der Waals surface area contributed by atoms with E-state index >= 15 is 0 Å². The normalized spacial score (nSPS) is 11.9. The lowest BCUT2D eigenvalue weighted by atomic mass is 10.2. The number of para-hydroxylation sites is 1. The lowest BCUT2D eigenvalue weighted by Crippen LogP contribution is -2.21. The Labute approximate surface area is 205 Å². The first-order valence-corrected chi connectivity index (χ1v) is 13.4. The van der Waals surface area contributed by atoms with E-state index in [1.165, 1.54) is 30.5 Å². The number of nitrogens with zero attached hydrogens (tertiary/aromatic N) is 1. The summed E-state index contributed by atoms with van der Waals surface area (Å²) in [4.78, 5) is 15.1. The number of carboxylic acids is 1. The van der Waals surface area contributed by atoms with Crippen LogP contribution in [0, 0.1) is 0 Å². The standard InChI is InChI=1S/C22H18ClN3O7S2/c1-2-16-21(15(22(27)28)9-10-24-16)35(31,32)25-17-8-7-14(23)12-18(17)26-34(29,30)20-11-13-5-3-4-6-19(13)33-20/h3-12,25-26H,2H2,1H3,(H,27,28). The summed E-state index contributed by atoms with van der Waals surface area (Å²) in [5, 5.41) is 9.80. The van der Waals surface area contributed by atoms with Crippen LogP contribution in [0.3, 0.4) is 0 Å². The molecule has 0 unspecified atom stereocenters. The van der Waals surface area contributed by atoms with Crippen molar-refractivity contribution < 1.29 is 31.2 Å². The topological polar surface area (TPSA) is 156 Å². The highest BCUT2D eigenvalue weighted by atomic mass is 35.5. The first-order valence-electron chi connectivity index (χ1n) is 10.1. The molecule has 2 heterocycles. The number of benzene rings is 2. The van der Waals surface area contributed by atoms with Gasteiger partial charge in [0, 0.05) is 22.7 Å². The number of fused-ring (bicyclic) bond motifs is 1. The van der Waals surface area contributed by atoms with Crippen molar-refractivity contribution in [3.05, 3.63) is 77.1 Å². The van der Waals surface area contributed by atoms with Crippen LogP contribution in [0.4, 0.5) is 11.4 Å². The van der Waals surface area contributed by atoms with Gasteiger partial charge in [0.2, 0.25) is 5.09 Å². The summed E-state index contributed by atoms with van der Waals surface area (Å²) in [6, 6.07) is 12.9. The zero-order chi connectivity index (χ0) is 25.4. The van der Waals surface area contributed by atoms with Crippen molar-refractivity contribution in [2.24, 2.45) is 0 Å². The molecule has 0 atom stereocenters. The number of halogens is 1. The molecule has 0 saturated heterocycles. The van der Waals surface area contributed by atoms with E-state index in [1.54, 1.807) is 31.2 Å². The Balaban J connectivity index is 1.75. The van der Waals surface area contributed by atoms with Crippen LogP contribution in [0.1, 0.15) is 23.0 Å². The van der Waals surface area contributed by atoms with Crippen LogP contribution in [0.15, 0.2) is 75.2 Å². The molecule has 0 amide bonds. The summed E-state index contributed by atoms with van der Waals surface area (Å²) >= 11 is 6.04. The molecule has 0 aliphatic rings. The number of nitrogens with one attached hydrogen (secondary N) is 2. The fourth-order valence-electron chi connectivity index (χ4n) is 3.38. The van der Waals surface area contributed by atoms with Crippen molar-refractivity contribution in [1.82, 2.24) is 4.98 Å². The number of hydrogen-bond donors (Lipinski definition) is 3. The van der Waals surface area contributed by atoms with E-state index < -0.39 is 36.5 Å². The van der Waals surface area contributed by atoms with E-state index in [-0.39, 0.29) is 33.6 Å². The third kappa shape index (κ3) is 4.94. The maximum absolute atomic E-state index is 13.3. The summed E-state index contributed by atoms with van der Waals surface area (Å²) in [5.41, 5.74) is -0.458. The summed E-state index contributed by atoms with van der Waals surface area (Å²) in [6.45, 7) is 1.63. The average Bonchev–Trinajstić information content (AvgIpc) is 3.25. The van der Waals surface area contributed by atoms with E-state index in [1.807, 2.05) is 0 Å². The van der Waals surface area contributed by atoms with Crippen molar-refractivity contribution in [3.63, 3.8) is 0 Å². The van der Waals surface area contributed by atoms with E-state index in [9.17, 15) is 26.7 Å². The third-order valence-corrected chi connectivity index (χ3v) is 7.89. The van der Waals surface area contributed by atoms with E-state index in [4.69, 9.17) is 16.0 Å². The number of carboxylic acid groups (broad SMARTS) is 1. The lowest BCUT2D eigenvalue weighted by molar-refractivity contribution is 0.0692. The monoisotopic (exact) mass is 535 g/mol. The minimum Gasteiger partial charge on any atom is -0.478 e. The minimum atomic E-state index is -4.50. The second kappa shape index (κ2) is 9.21. The first-order chi connectivity index (χ1) is 16.5. The quantitative estimate of drug-likeness (QED) is 0.301. The van der Waals surface area contributed by atoms with Crippen molar-refractivity contribution in [2.75, 3.05) is 9.44 Å². The molecule has 0 radical (unpaired) electrons. The van der Waals surface area contributed by atoms with E-state index in [0.717, 1.165) is 6.07 Å². The largest absolute Gasteiger partial charge is 0.478 e. The van der Waals surface area contributed by atoms with Crippen LogP contribution in [0.25, 0.3) is 11.0 Å². The highest BCUT2D eigenvalue weighted by molar-refractivity contribution is 7.93. The Morgan fingerprint density at radius 2 is 1.71 bits per heavy atom. The second-order valence-corrected chi connectivity index (χ2v) is 11.0. The Bertz CT molecular complexity index is 1630. The molecule has 0 saturated carbocycles. The summed E-state index contributed by atoms with van der Waals surface area (Å²) in [5.74, 6) is -1.45. The van der Waals surface area contributed by atoms with Gasteiger partial charge in [0.25, 0.3) is 20.0 Å². The molecule has 3 N–H and O–H groups in total. The van der Waals surface area contributed by atoms with Gasteiger partial charge < -0.3 is 9.52 Å². The lowest BCUT2D eigenvalue weighted by Gasteiger charge is -2.16. The fraction of sp³-hybridized carbons (Fsp3) is 0.0909. The Morgan fingerprint density at radius 3 is 2.40 bits per heavy atom. The SMILES string of the molecule is CCc1nccc(C(=O)O)c1S(=O)(=O)Nc1ccc(Cl)cc1NS(=O)(=O)c1cc2ccccc2o1. The molecule has 10 nitrogen and oxygen atoms in total. The maximum Gasteiger partial charge on any atom is 0.337 e. The molecular formula is C22H18ClN3O7S2. The van der Waals surface area contributed by atoms with Gasteiger partial charge in [0.15, 0.2) is 0 Å². The molecule has 0 aliphatic heterocycles. The molecule has 0 spiro atoms. The van der Waals surface area contributed by atoms with Crippen LogP contribution in [-0.2, 0) is 26.5 Å². The van der Waals surface area contributed by atoms with Crippen molar-refractivity contribution in [3.8, 4) is 0 Å². The number of aryl methyl sites for hydroxylation is 1. The Kier molecular flexibility index (Phi) is 6.45. The number of aromatic carboxylic acids is 1. The molecule has 4 rings (SSSR count). The Hall–Kier alpha value is -3.61.